The van der Waals surface area contributed by atoms with E-state index in [0.717, 1.165) is 11.5 Å². The van der Waals surface area contributed by atoms with E-state index >= 15 is 0 Å². The van der Waals surface area contributed by atoms with Crippen LogP contribution in [0.5, 0.6) is 5.75 Å². The molecule has 8 heteroatoms. The van der Waals surface area contributed by atoms with Gasteiger partial charge in [-0.2, -0.15) is 0 Å². The molecular formula is C11H9N3O4S. The highest BCUT2D eigenvalue weighted by atomic mass is 32.1. The lowest BCUT2D eigenvalue weighted by Gasteiger charge is -2.04. The Kier molecular flexibility index (Phi) is 3.62. The van der Waals surface area contributed by atoms with Gasteiger partial charge in [-0.05, 0) is 23.7 Å². The summed E-state index contributed by atoms with van der Waals surface area (Å²) in [5.74, 6) is -0.582. The summed E-state index contributed by atoms with van der Waals surface area (Å²) in [5.41, 5.74) is 4.10. The molecule has 1 aromatic carbocycles. The maximum Gasteiger partial charge on any atom is 0.417 e. The number of nitrogens with one attached hydrogen (secondary N) is 2. The van der Waals surface area contributed by atoms with E-state index < -0.39 is 17.6 Å². The van der Waals surface area contributed by atoms with Gasteiger partial charge in [0.25, 0.3) is 11.5 Å². The highest BCUT2D eigenvalue weighted by molar-refractivity contribution is 7.10. The second-order valence-corrected chi connectivity index (χ2v) is 4.25. The summed E-state index contributed by atoms with van der Waals surface area (Å²) >= 11 is 0.793. The fourth-order valence-electron chi connectivity index (χ4n) is 1.33. The Morgan fingerprint density at radius 3 is 2.58 bits per heavy atom. The molecule has 1 heterocycles. The third-order valence-corrected chi connectivity index (χ3v) is 2.91. The molecule has 0 radical (unpaired) electrons. The lowest BCUT2D eigenvalue weighted by molar-refractivity contribution is 0.100. The lowest BCUT2D eigenvalue weighted by atomic mass is 10.3. The number of anilines is 1. The Hall–Kier alpha value is -2.61. The average molecular weight is 279 g/mol. The van der Waals surface area contributed by atoms with Gasteiger partial charge in [-0.1, -0.05) is 18.2 Å². The Labute approximate surface area is 111 Å². The molecule has 0 fully saturated rings. The number of H-pyrrole nitrogens is 1. The maximum absolute atomic E-state index is 11.6. The van der Waals surface area contributed by atoms with Crippen LogP contribution >= 0.6 is 11.5 Å². The Morgan fingerprint density at radius 1 is 1.26 bits per heavy atom. The lowest BCUT2D eigenvalue weighted by Crippen LogP contribution is -2.23. The number of carbonyl (C=O) groups excluding carboxylic acids is 2. The van der Waals surface area contributed by atoms with Crippen molar-refractivity contribution in [2.75, 3.05) is 5.32 Å². The summed E-state index contributed by atoms with van der Waals surface area (Å²) in [6.45, 7) is 0. The molecule has 1 aromatic heterocycles. The highest BCUT2D eigenvalue weighted by Gasteiger charge is 2.18. The fraction of sp³-hybridized carbons (Fsp3) is 0. The number of hydrogen-bond acceptors (Lipinski definition) is 5. The predicted octanol–water partition coefficient (Wildman–Crippen LogP) is 1.15. The van der Waals surface area contributed by atoms with E-state index in [0.29, 0.717) is 5.75 Å². The van der Waals surface area contributed by atoms with E-state index in [9.17, 15) is 14.4 Å². The van der Waals surface area contributed by atoms with Crippen LogP contribution < -0.4 is 21.3 Å². The summed E-state index contributed by atoms with van der Waals surface area (Å²) in [7, 11) is 0. The van der Waals surface area contributed by atoms with Crippen LogP contribution in [0, 0.1) is 0 Å². The molecule has 0 unspecified atom stereocenters. The molecule has 2 amide bonds. The molecule has 0 saturated heterocycles. The highest BCUT2D eigenvalue weighted by Crippen LogP contribution is 2.17. The quantitative estimate of drug-likeness (QED) is 0.781. The van der Waals surface area contributed by atoms with Crippen molar-refractivity contribution < 1.29 is 14.3 Å². The first-order chi connectivity index (χ1) is 9.08. The maximum atomic E-state index is 11.6. The second-order valence-electron chi connectivity index (χ2n) is 3.43. The van der Waals surface area contributed by atoms with Crippen LogP contribution in [0.15, 0.2) is 35.1 Å². The normalized spacial score (nSPS) is 9.89. The van der Waals surface area contributed by atoms with Crippen LogP contribution in [-0.4, -0.2) is 16.4 Å². The SMILES string of the molecule is NC(=O)c1c(NC(=O)Oc2ccccc2)s[nH]c1=O. The molecule has 19 heavy (non-hydrogen) atoms. The number of aromatic amines is 1. The monoisotopic (exact) mass is 279 g/mol. The van der Waals surface area contributed by atoms with Gasteiger partial charge in [0, 0.05) is 0 Å². The van der Waals surface area contributed by atoms with E-state index in [-0.39, 0.29) is 10.6 Å². The minimum atomic E-state index is -0.919. The van der Waals surface area contributed by atoms with Gasteiger partial charge in [0.05, 0.1) is 0 Å². The number of primary amides is 1. The number of amides is 2. The van der Waals surface area contributed by atoms with Crippen molar-refractivity contribution in [3.8, 4) is 5.75 Å². The van der Waals surface area contributed by atoms with Crippen LogP contribution in [0.25, 0.3) is 0 Å². The molecular weight excluding hydrogens is 270 g/mol. The largest absolute Gasteiger partial charge is 0.417 e. The Balaban J connectivity index is 2.12. The van der Waals surface area contributed by atoms with Crippen molar-refractivity contribution in [2.24, 2.45) is 5.73 Å². The van der Waals surface area contributed by atoms with Crippen molar-refractivity contribution in [2.45, 2.75) is 0 Å². The summed E-state index contributed by atoms with van der Waals surface area (Å²) < 4.78 is 7.25. The van der Waals surface area contributed by atoms with Gasteiger partial charge in [-0.3, -0.25) is 19.3 Å². The van der Waals surface area contributed by atoms with Crippen molar-refractivity contribution in [3.63, 3.8) is 0 Å². The number of nitrogens with two attached hydrogens (primary N) is 1. The predicted molar refractivity (Wildman–Crippen MR) is 69.5 cm³/mol. The van der Waals surface area contributed by atoms with Crippen molar-refractivity contribution in [1.29, 1.82) is 0 Å². The first-order valence-corrected chi connectivity index (χ1v) is 5.94. The van der Waals surface area contributed by atoms with Crippen LogP contribution in [-0.2, 0) is 0 Å². The number of aromatic nitrogens is 1. The van der Waals surface area contributed by atoms with E-state index in [4.69, 9.17) is 10.5 Å². The fourth-order valence-corrected chi connectivity index (χ4v) is 2.05. The zero-order valence-electron chi connectivity index (χ0n) is 9.51. The van der Waals surface area contributed by atoms with Gasteiger partial charge in [-0.25, -0.2) is 4.79 Å². The smallest absolute Gasteiger partial charge is 0.410 e. The van der Waals surface area contributed by atoms with Crippen LogP contribution in [0.2, 0.25) is 0 Å². The van der Waals surface area contributed by atoms with E-state index in [2.05, 4.69) is 9.69 Å². The molecule has 4 N–H and O–H groups in total. The molecule has 0 aliphatic rings. The summed E-state index contributed by atoms with van der Waals surface area (Å²) in [4.78, 5) is 33.9. The van der Waals surface area contributed by atoms with Crippen molar-refractivity contribution >= 4 is 28.5 Å². The average Bonchev–Trinajstić information content (AvgIpc) is 2.71. The zero-order chi connectivity index (χ0) is 13.8. The molecule has 0 bridgehead atoms. The standard InChI is InChI=1S/C11H9N3O4S/c12-8(15)7-9(16)14-19-10(7)13-11(17)18-6-4-2-1-3-5-6/h1-5H,(H2,12,15)(H,13,17)(H,14,16). The van der Waals surface area contributed by atoms with Crippen LogP contribution in [0.1, 0.15) is 10.4 Å². The number of hydrogen-bond donors (Lipinski definition) is 3. The molecule has 0 aliphatic heterocycles. The number of ether oxygens (including phenoxy) is 1. The topological polar surface area (TPSA) is 114 Å². The molecule has 0 atom stereocenters. The minimum absolute atomic E-state index is 0.0263. The van der Waals surface area contributed by atoms with Crippen molar-refractivity contribution in [3.05, 3.63) is 46.2 Å². The molecule has 98 valence electrons. The molecule has 2 aromatic rings. The van der Waals surface area contributed by atoms with Gasteiger partial charge >= 0.3 is 6.09 Å². The molecule has 0 saturated carbocycles. The van der Waals surface area contributed by atoms with Gasteiger partial charge in [0.1, 0.15) is 16.3 Å². The number of benzene rings is 1. The minimum Gasteiger partial charge on any atom is -0.410 e. The third-order valence-electron chi connectivity index (χ3n) is 2.12. The number of para-hydroxylation sites is 1. The van der Waals surface area contributed by atoms with E-state index in [1.807, 2.05) is 0 Å². The summed E-state index contributed by atoms with van der Waals surface area (Å²) in [5, 5.41) is 2.31. The first kappa shape index (κ1) is 12.8. The molecule has 0 aliphatic carbocycles. The zero-order valence-corrected chi connectivity index (χ0v) is 10.3. The molecule has 2 rings (SSSR count). The molecule has 0 spiro atoms. The van der Waals surface area contributed by atoms with E-state index in [1.165, 1.54) is 0 Å². The summed E-state index contributed by atoms with van der Waals surface area (Å²) in [6.07, 6.45) is -0.816. The molecule has 7 nitrogen and oxygen atoms in total. The first-order valence-electron chi connectivity index (χ1n) is 5.13. The summed E-state index contributed by atoms with van der Waals surface area (Å²) in [6, 6.07) is 8.36. The second kappa shape index (κ2) is 5.36. The Morgan fingerprint density at radius 2 is 1.95 bits per heavy atom. The van der Waals surface area contributed by atoms with Crippen LogP contribution in [0.4, 0.5) is 9.80 Å². The number of carbonyl (C=O) groups is 2. The van der Waals surface area contributed by atoms with Gasteiger partial charge < -0.3 is 10.5 Å². The number of rotatable bonds is 3. The van der Waals surface area contributed by atoms with Crippen molar-refractivity contribution in [1.82, 2.24) is 4.37 Å². The van der Waals surface area contributed by atoms with E-state index in [1.54, 1.807) is 30.3 Å². The van der Waals surface area contributed by atoms with Gasteiger partial charge in [0.2, 0.25) is 0 Å². The Bertz CT molecular complexity index is 662. The van der Waals surface area contributed by atoms with Gasteiger partial charge in [-0.15, -0.1) is 0 Å². The van der Waals surface area contributed by atoms with Crippen LogP contribution in [0.3, 0.4) is 0 Å². The van der Waals surface area contributed by atoms with Gasteiger partial charge in [0.15, 0.2) is 0 Å². The third kappa shape index (κ3) is 2.99.